The van der Waals surface area contributed by atoms with Gasteiger partial charge in [0.05, 0.1) is 38.4 Å². The van der Waals surface area contributed by atoms with Crippen LogP contribution < -0.4 is 69.4 Å². The van der Waals surface area contributed by atoms with E-state index in [4.69, 9.17) is 16.2 Å². The van der Waals surface area contributed by atoms with Crippen LogP contribution in [-0.4, -0.2) is 335 Å². The highest BCUT2D eigenvalue weighted by molar-refractivity contribution is 8.00. The lowest BCUT2D eigenvalue weighted by Gasteiger charge is -2.36. The summed E-state index contributed by atoms with van der Waals surface area (Å²) in [4.78, 5) is 296. The highest BCUT2D eigenvalue weighted by atomic mass is 32.2. The Morgan fingerprint density at radius 1 is 0.500 bits per heavy atom. The molecule has 0 radical (unpaired) electrons. The number of primary amides is 1. The van der Waals surface area contributed by atoms with Crippen LogP contribution in [-0.2, 0) is 115 Å². The van der Waals surface area contributed by atoms with Gasteiger partial charge < -0.3 is 129 Å². The molecule has 5 aromatic rings. The summed E-state index contributed by atoms with van der Waals surface area (Å²) in [5, 5.41) is 77.8. The minimum atomic E-state index is -2.12. The fraction of sp³-hybridized carbons (Fsp3) is 0.523. The first-order valence-corrected chi connectivity index (χ1v) is 45.1. The van der Waals surface area contributed by atoms with Crippen LogP contribution in [0.3, 0.4) is 0 Å². The van der Waals surface area contributed by atoms with Crippen molar-refractivity contribution in [3.63, 3.8) is 0 Å². The molecule has 0 bridgehead atoms. The Kier molecular flexibility index (Phi) is 39.5. The number of carboxylic acids is 4. The standard InChI is InChI=1S/C88H119N19O26S/c1-8-10-21-65-81(125)95-56(28-30-71(111)112)77(121)102-64(76(120)93-42-69(90)109)44-134-45-70(110)94-60(33-47-24-26-51(133-7)27-25-47)84(128)103(4)46(3)75(119)99-62(38-74(117)118)87(131)106-32-16-23-66(106)82(126)101-63(39-89)80(124)96-57(29-31-72(113)114)86(130)107-43-50(108)36-68(107)83(127)98-58(34-48-40-91-54-19-14-12-17-52(48)54)78(122)97-59(37-73(115)116)79(123)100-61(35-49-41-92-55-20-15-13-18-53(49)55)85(129)105(6)67(22-11-9-2)88(132)104(65)5/h12-15,17-20,24-27,40-41,46,50,56-68,91-92,108H,8-11,16,21-23,28-39,42-45,89H2,1-7H3,(H2,90,109)(H,93,120)(H,94,110)(H,95,125)(H,96,124)(H,97,122)(H,98,127)(H,99,119)(H,100,123)(H,101,126)(H,102,121)(H,111,112)(H,113,114)(H,115,116)(H,117,118)/t46-,50+,56-,57-,58-,59-,60-,61-,62-,63-,64-,65-,66-,67-,68-/m0/s1. The summed E-state index contributed by atoms with van der Waals surface area (Å²) in [6, 6.07) is -4.54. The van der Waals surface area contributed by atoms with Gasteiger partial charge >= 0.3 is 23.9 Å². The van der Waals surface area contributed by atoms with E-state index in [1.807, 2.05) is 0 Å². The first-order chi connectivity index (χ1) is 63.7. The van der Waals surface area contributed by atoms with Crippen LogP contribution in [0.5, 0.6) is 5.75 Å². The Morgan fingerprint density at radius 2 is 0.985 bits per heavy atom. The van der Waals surface area contributed by atoms with E-state index >= 15 is 33.6 Å². The van der Waals surface area contributed by atoms with Crippen molar-refractivity contribution in [1.29, 1.82) is 0 Å². The fourth-order valence-corrected chi connectivity index (χ4v) is 16.9. The van der Waals surface area contributed by atoms with Gasteiger partial charge in [-0.3, -0.25) is 95.9 Å². The van der Waals surface area contributed by atoms with Crippen molar-refractivity contribution < 1.29 is 126 Å². The summed E-state index contributed by atoms with van der Waals surface area (Å²) >= 11 is 0.689. The number of benzene rings is 3. The maximum Gasteiger partial charge on any atom is 0.305 e. The van der Waals surface area contributed by atoms with E-state index in [1.165, 1.54) is 34.3 Å². The molecule has 8 rings (SSSR count). The number of likely N-dealkylation sites (N-methyl/N-ethyl adjacent to an activating group) is 3. The number of hydrogen-bond acceptors (Lipinski definition) is 24. The van der Waals surface area contributed by atoms with Gasteiger partial charge in [0.2, 0.25) is 94.5 Å². The van der Waals surface area contributed by atoms with Gasteiger partial charge in [-0.05, 0) is 86.4 Å². The Bertz CT molecular complexity index is 5130. The number of rotatable bonds is 27. The van der Waals surface area contributed by atoms with E-state index in [1.54, 1.807) is 92.8 Å². The van der Waals surface area contributed by atoms with Gasteiger partial charge in [-0.2, -0.15) is 0 Å². The fourth-order valence-electron chi connectivity index (χ4n) is 16.1. The maximum atomic E-state index is 15.7. The number of carbonyl (C=O) groups excluding carboxylic acids is 16. The predicted octanol–water partition coefficient (Wildman–Crippen LogP) is -3.13. The topological polar surface area (TPSA) is 672 Å². The van der Waals surface area contributed by atoms with Crippen LogP contribution in [0.1, 0.15) is 134 Å². The number of carboxylic acid groups (broad SMARTS) is 4. The van der Waals surface area contributed by atoms with Crippen LogP contribution in [0.25, 0.3) is 21.8 Å². The number of nitrogens with zero attached hydrogens (tertiary/aromatic N) is 5. The van der Waals surface area contributed by atoms with Gasteiger partial charge in [0.25, 0.3) is 0 Å². The molecule has 5 heterocycles. The number of ether oxygens (including phenoxy) is 1. The second-order valence-electron chi connectivity index (χ2n) is 33.2. The number of para-hydroxylation sites is 2. The van der Waals surface area contributed by atoms with E-state index < -0.39 is 292 Å². The summed E-state index contributed by atoms with van der Waals surface area (Å²) in [5.41, 5.74) is 13.8. The quantitative estimate of drug-likeness (QED) is 0.0247. The molecule has 0 unspecified atom stereocenters. The second-order valence-corrected chi connectivity index (χ2v) is 34.2. The number of unbranched alkanes of at least 4 members (excludes halogenated alkanes) is 2. The third kappa shape index (κ3) is 29.4. The third-order valence-electron chi connectivity index (χ3n) is 23.6. The number of methoxy groups -OCH3 is 1. The molecular weight excluding hydrogens is 1770 g/mol. The number of carbonyl (C=O) groups is 20. The third-order valence-corrected chi connectivity index (χ3v) is 24.6. The summed E-state index contributed by atoms with van der Waals surface area (Å²) < 4.78 is 5.30. The highest BCUT2D eigenvalue weighted by Crippen LogP contribution is 2.28. The smallest absolute Gasteiger partial charge is 0.305 e. The predicted molar refractivity (Wildman–Crippen MR) is 480 cm³/mol. The molecule has 728 valence electrons. The number of amides is 16. The molecule has 0 saturated carbocycles. The lowest BCUT2D eigenvalue weighted by atomic mass is 9.99. The number of aromatic nitrogens is 2. The molecule has 0 spiro atoms. The largest absolute Gasteiger partial charge is 0.497 e. The van der Waals surface area contributed by atoms with Crippen molar-refractivity contribution in [3.05, 3.63) is 102 Å². The van der Waals surface area contributed by atoms with Gasteiger partial charge in [-0.15, -0.1) is 11.8 Å². The number of aliphatic hydroxyl groups excluding tert-OH is 1. The lowest BCUT2D eigenvalue weighted by molar-refractivity contribution is -0.149. The van der Waals surface area contributed by atoms with Crippen LogP contribution in [0.2, 0.25) is 0 Å². The Morgan fingerprint density at radius 3 is 1.57 bits per heavy atom. The zero-order valence-corrected chi connectivity index (χ0v) is 76.1. The molecule has 0 aliphatic carbocycles. The van der Waals surface area contributed by atoms with E-state index in [0.29, 0.717) is 68.8 Å². The van der Waals surface area contributed by atoms with Crippen molar-refractivity contribution in [2.75, 3.05) is 65.9 Å². The Balaban J connectivity index is 1.20. The van der Waals surface area contributed by atoms with Gasteiger partial charge in [-0.25, -0.2) is 0 Å². The first kappa shape index (κ1) is 106. The van der Waals surface area contributed by atoms with E-state index in [9.17, 15) is 87.9 Å². The van der Waals surface area contributed by atoms with Gasteiger partial charge in [0.1, 0.15) is 90.3 Å². The summed E-state index contributed by atoms with van der Waals surface area (Å²) in [6.07, 6.45) is -4.35. The van der Waals surface area contributed by atoms with Crippen molar-refractivity contribution in [2.45, 2.75) is 227 Å². The van der Waals surface area contributed by atoms with Crippen molar-refractivity contribution in [3.8, 4) is 5.75 Å². The molecule has 3 fully saturated rings. The van der Waals surface area contributed by atoms with Crippen molar-refractivity contribution in [2.24, 2.45) is 11.5 Å². The van der Waals surface area contributed by atoms with Gasteiger partial charge in [0.15, 0.2) is 0 Å². The molecule has 45 nitrogen and oxygen atoms in total. The number of aliphatic hydroxyl groups is 1. The Labute approximate surface area is 774 Å². The van der Waals surface area contributed by atoms with E-state index in [-0.39, 0.29) is 57.9 Å². The average molecular weight is 1890 g/mol. The lowest BCUT2D eigenvalue weighted by Crippen LogP contribution is -2.61. The highest BCUT2D eigenvalue weighted by Gasteiger charge is 2.47. The average Bonchev–Trinajstić information content (AvgIpc) is 1.61. The first-order valence-electron chi connectivity index (χ1n) is 43.9. The Hall–Kier alpha value is -13.8. The van der Waals surface area contributed by atoms with Gasteiger partial charge in [-0.1, -0.05) is 88.1 Å². The van der Waals surface area contributed by atoms with Crippen LogP contribution in [0, 0.1) is 0 Å². The molecule has 134 heavy (non-hydrogen) atoms. The SMILES string of the molecule is CCCC[C@H]1C(=O)N(C)[C@@H](CCCC)C(=O)N[C@@H](CCC(=O)O)C(=O)N[C@H](C(=O)NCC(N)=O)CSCC(=O)N[C@@H](Cc2ccc(OC)cc2)C(=O)N(C)[C@@H](C)C(=O)N[C@@H](CC(=O)O)C(=O)N2CCC[C@H]2C(=O)N[C@@H](CN)C(=O)N[C@@H](CCC(=O)O)C(=O)N2C[C@H](O)C[C@H]2C(=O)N[C@@H](Cc2c[nH]c3ccccc23)C(=O)N[C@@H](CC(=O)O)C(=O)N[C@@H](Cc2c[nH]c3ccccc23)C(=O)N1C. The molecule has 46 heteroatoms. The summed E-state index contributed by atoms with van der Waals surface area (Å²) in [6.45, 7) is 2.36. The molecule has 15 atom stereocenters. The number of thioether (sulfide) groups is 1. The number of hydrogen-bond donors (Lipinski definition) is 19. The van der Waals surface area contributed by atoms with Crippen molar-refractivity contribution >= 4 is 152 Å². The molecule has 3 aliphatic rings. The zero-order chi connectivity index (χ0) is 98.5. The molecular formula is C88H119N19O26S. The molecule has 3 saturated heterocycles. The van der Waals surface area contributed by atoms with Crippen LogP contribution >= 0.6 is 11.8 Å². The number of fused-ring (bicyclic) bond motifs is 4. The molecule has 3 aromatic carbocycles. The number of nitrogens with one attached hydrogen (secondary N) is 12. The van der Waals surface area contributed by atoms with Crippen LogP contribution in [0.4, 0.5) is 0 Å². The second kappa shape index (κ2) is 50.2. The number of aromatic amines is 2. The number of aliphatic carboxylic acids is 4. The molecule has 3 aliphatic heterocycles. The normalized spacial score (nSPS) is 24.8. The minimum absolute atomic E-state index is 0.0863. The van der Waals surface area contributed by atoms with E-state index in [2.05, 4.69) is 63.1 Å². The maximum absolute atomic E-state index is 15.7. The van der Waals surface area contributed by atoms with Crippen LogP contribution in [0.15, 0.2) is 85.2 Å². The zero-order valence-electron chi connectivity index (χ0n) is 75.3. The van der Waals surface area contributed by atoms with E-state index in [0.717, 1.165) is 31.5 Å². The number of H-pyrrole nitrogens is 2. The summed E-state index contributed by atoms with van der Waals surface area (Å²) in [7, 11) is 5.06. The molecule has 16 amide bonds. The molecule has 2 aromatic heterocycles. The van der Waals surface area contributed by atoms with Crippen molar-refractivity contribution in [1.82, 2.24) is 87.6 Å². The minimum Gasteiger partial charge on any atom is -0.497 e. The summed E-state index contributed by atoms with van der Waals surface area (Å²) in [5.74, 6) is -24.3. The number of nitrogens with two attached hydrogens (primary N) is 2. The monoisotopic (exact) mass is 1890 g/mol. The van der Waals surface area contributed by atoms with Gasteiger partial charge in [0, 0.05) is 119 Å². The molecule has 21 N–H and O–H groups in total.